The van der Waals surface area contributed by atoms with Crippen LogP contribution < -0.4 is 5.32 Å². The highest BCUT2D eigenvalue weighted by Crippen LogP contribution is 2.21. The van der Waals surface area contributed by atoms with E-state index in [1.165, 1.54) is 18.2 Å². The molecule has 1 aliphatic heterocycles. The molecule has 3 nitrogen and oxygen atoms in total. The van der Waals surface area contributed by atoms with Crippen molar-refractivity contribution in [1.82, 2.24) is 5.32 Å². The zero-order valence-corrected chi connectivity index (χ0v) is 10.1. The Morgan fingerprint density at radius 3 is 2.76 bits per heavy atom. The van der Waals surface area contributed by atoms with Gasteiger partial charge in [-0.05, 0) is 36.5 Å². The molecule has 0 spiro atoms. The minimum absolute atomic E-state index is 0.0859. The second kappa shape index (κ2) is 5.40. The van der Waals surface area contributed by atoms with Crippen LogP contribution in [0.25, 0.3) is 0 Å². The molecule has 92 valence electrons. The maximum absolute atomic E-state index is 13.4. The maximum atomic E-state index is 13.4. The number of benzene rings is 1. The minimum atomic E-state index is -0.687. The van der Waals surface area contributed by atoms with Crippen LogP contribution in [-0.2, 0) is 0 Å². The maximum Gasteiger partial charge on any atom is 0.258 e. The van der Waals surface area contributed by atoms with Crippen molar-refractivity contribution in [3.63, 3.8) is 0 Å². The van der Waals surface area contributed by atoms with Crippen LogP contribution in [-0.4, -0.2) is 28.6 Å². The van der Waals surface area contributed by atoms with E-state index >= 15 is 0 Å². The van der Waals surface area contributed by atoms with Gasteiger partial charge in [-0.25, -0.2) is 4.39 Å². The lowest BCUT2D eigenvalue weighted by Gasteiger charge is -2.22. The molecule has 1 saturated heterocycles. The average molecular weight is 255 g/mol. The van der Waals surface area contributed by atoms with Gasteiger partial charge in [0.15, 0.2) is 0 Å². The molecule has 1 heterocycles. The SMILES string of the molecule is O=C(NC1CCSCC1)c1c(O)cccc1F. The van der Waals surface area contributed by atoms with Gasteiger partial charge >= 0.3 is 0 Å². The number of carbonyl (C=O) groups is 1. The van der Waals surface area contributed by atoms with Crippen LogP contribution in [0, 0.1) is 5.82 Å². The Balaban J connectivity index is 2.08. The highest BCUT2D eigenvalue weighted by atomic mass is 32.2. The van der Waals surface area contributed by atoms with Crippen molar-refractivity contribution in [2.45, 2.75) is 18.9 Å². The molecule has 1 fully saturated rings. The third kappa shape index (κ3) is 2.91. The van der Waals surface area contributed by atoms with Crippen LogP contribution in [0.15, 0.2) is 18.2 Å². The third-order valence-electron chi connectivity index (χ3n) is 2.78. The lowest BCUT2D eigenvalue weighted by molar-refractivity contribution is 0.0928. The first-order valence-electron chi connectivity index (χ1n) is 5.54. The molecule has 0 aliphatic carbocycles. The molecule has 2 rings (SSSR count). The van der Waals surface area contributed by atoms with E-state index in [1.54, 1.807) is 0 Å². The second-order valence-electron chi connectivity index (χ2n) is 3.99. The first kappa shape index (κ1) is 12.2. The van der Waals surface area contributed by atoms with Crippen molar-refractivity contribution in [1.29, 1.82) is 0 Å². The summed E-state index contributed by atoms with van der Waals surface area (Å²) in [6.07, 6.45) is 1.79. The monoisotopic (exact) mass is 255 g/mol. The summed E-state index contributed by atoms with van der Waals surface area (Å²) in [5.74, 6) is 0.487. The molecule has 0 saturated carbocycles. The van der Waals surface area contributed by atoms with E-state index in [-0.39, 0.29) is 17.4 Å². The van der Waals surface area contributed by atoms with Gasteiger partial charge in [-0.3, -0.25) is 4.79 Å². The van der Waals surface area contributed by atoms with E-state index in [2.05, 4.69) is 5.32 Å². The lowest BCUT2D eigenvalue weighted by atomic mass is 10.1. The van der Waals surface area contributed by atoms with Crippen molar-refractivity contribution in [2.75, 3.05) is 11.5 Å². The highest BCUT2D eigenvalue weighted by molar-refractivity contribution is 7.99. The molecular formula is C12H14FNO2S. The molecule has 5 heteroatoms. The Hall–Kier alpha value is -1.23. The topological polar surface area (TPSA) is 49.3 Å². The quantitative estimate of drug-likeness (QED) is 0.851. The molecule has 1 amide bonds. The van der Waals surface area contributed by atoms with Crippen molar-refractivity contribution in [3.05, 3.63) is 29.6 Å². The molecule has 0 radical (unpaired) electrons. The summed E-state index contributed by atoms with van der Waals surface area (Å²) < 4.78 is 13.4. The summed E-state index contributed by atoms with van der Waals surface area (Å²) >= 11 is 1.85. The molecule has 0 bridgehead atoms. The highest BCUT2D eigenvalue weighted by Gasteiger charge is 2.21. The van der Waals surface area contributed by atoms with E-state index in [1.807, 2.05) is 11.8 Å². The number of aromatic hydroxyl groups is 1. The predicted molar refractivity (Wildman–Crippen MR) is 65.9 cm³/mol. The summed E-state index contributed by atoms with van der Waals surface area (Å²) in [5, 5.41) is 12.3. The molecule has 17 heavy (non-hydrogen) atoms. The zero-order valence-electron chi connectivity index (χ0n) is 9.28. The van der Waals surface area contributed by atoms with Gasteiger partial charge in [-0.15, -0.1) is 0 Å². The van der Waals surface area contributed by atoms with Gasteiger partial charge < -0.3 is 10.4 Å². The lowest BCUT2D eigenvalue weighted by Crippen LogP contribution is -2.37. The molecule has 2 N–H and O–H groups in total. The van der Waals surface area contributed by atoms with Crippen LogP contribution in [0.4, 0.5) is 4.39 Å². The average Bonchev–Trinajstić information content (AvgIpc) is 2.30. The smallest absolute Gasteiger partial charge is 0.258 e. The standard InChI is InChI=1S/C12H14FNO2S/c13-9-2-1-3-10(15)11(9)12(16)14-8-4-6-17-7-5-8/h1-3,8,15H,4-7H2,(H,14,16). The molecule has 0 atom stereocenters. The number of phenolic OH excluding ortho intramolecular Hbond substituents is 1. The number of hydrogen-bond donors (Lipinski definition) is 2. The van der Waals surface area contributed by atoms with E-state index in [4.69, 9.17) is 0 Å². The van der Waals surface area contributed by atoms with E-state index in [9.17, 15) is 14.3 Å². The van der Waals surface area contributed by atoms with Gasteiger partial charge in [0, 0.05) is 6.04 Å². The molecule has 0 aromatic heterocycles. The summed E-state index contributed by atoms with van der Waals surface area (Å²) in [6.45, 7) is 0. The van der Waals surface area contributed by atoms with Crippen LogP contribution in [0.1, 0.15) is 23.2 Å². The summed E-state index contributed by atoms with van der Waals surface area (Å²) in [7, 11) is 0. The number of rotatable bonds is 2. The van der Waals surface area contributed by atoms with Gasteiger partial charge in [0.05, 0.1) is 0 Å². The van der Waals surface area contributed by atoms with Crippen molar-refractivity contribution in [3.8, 4) is 5.75 Å². The number of carbonyl (C=O) groups excluding carboxylic acids is 1. The minimum Gasteiger partial charge on any atom is -0.507 e. The number of hydrogen-bond acceptors (Lipinski definition) is 3. The van der Waals surface area contributed by atoms with Crippen LogP contribution in [0.3, 0.4) is 0 Å². The van der Waals surface area contributed by atoms with Gasteiger partial charge in [-0.1, -0.05) is 6.07 Å². The molecule has 1 aromatic rings. The first-order chi connectivity index (χ1) is 8.18. The largest absolute Gasteiger partial charge is 0.507 e. The van der Waals surface area contributed by atoms with Crippen LogP contribution in [0.2, 0.25) is 0 Å². The van der Waals surface area contributed by atoms with Gasteiger partial charge in [-0.2, -0.15) is 11.8 Å². The Kier molecular flexibility index (Phi) is 3.89. The Morgan fingerprint density at radius 2 is 2.12 bits per heavy atom. The summed E-state index contributed by atoms with van der Waals surface area (Å²) in [4.78, 5) is 11.8. The molecular weight excluding hydrogens is 241 g/mol. The van der Waals surface area contributed by atoms with Crippen molar-refractivity contribution < 1.29 is 14.3 Å². The van der Waals surface area contributed by atoms with Crippen molar-refractivity contribution in [2.24, 2.45) is 0 Å². The van der Waals surface area contributed by atoms with E-state index in [0.717, 1.165) is 24.3 Å². The normalized spacial score (nSPS) is 16.8. The van der Waals surface area contributed by atoms with Crippen molar-refractivity contribution >= 4 is 17.7 Å². The van der Waals surface area contributed by atoms with E-state index in [0.29, 0.717) is 0 Å². The van der Waals surface area contributed by atoms with Gasteiger partial charge in [0.1, 0.15) is 17.1 Å². The molecule has 0 unspecified atom stereocenters. The van der Waals surface area contributed by atoms with Crippen LogP contribution in [0.5, 0.6) is 5.75 Å². The van der Waals surface area contributed by atoms with Crippen LogP contribution >= 0.6 is 11.8 Å². The fourth-order valence-electron chi connectivity index (χ4n) is 1.84. The Bertz CT molecular complexity index is 399. The number of thioether (sulfide) groups is 1. The van der Waals surface area contributed by atoms with Gasteiger partial charge in [0.2, 0.25) is 0 Å². The second-order valence-corrected chi connectivity index (χ2v) is 5.22. The fourth-order valence-corrected chi connectivity index (χ4v) is 2.94. The van der Waals surface area contributed by atoms with E-state index < -0.39 is 11.7 Å². The number of phenols is 1. The number of amides is 1. The number of nitrogens with one attached hydrogen (secondary N) is 1. The Labute approximate surface area is 103 Å². The summed E-state index contributed by atoms with van der Waals surface area (Å²) in [6, 6.07) is 3.95. The molecule has 1 aromatic carbocycles. The summed E-state index contributed by atoms with van der Waals surface area (Å²) in [5.41, 5.74) is -0.259. The predicted octanol–water partition coefficient (Wildman–Crippen LogP) is 2.16. The third-order valence-corrected chi connectivity index (χ3v) is 3.82. The van der Waals surface area contributed by atoms with Gasteiger partial charge in [0.25, 0.3) is 5.91 Å². The molecule has 1 aliphatic rings. The Morgan fingerprint density at radius 1 is 1.41 bits per heavy atom. The zero-order chi connectivity index (χ0) is 12.3. The number of halogens is 1. The fraction of sp³-hybridized carbons (Fsp3) is 0.417. The first-order valence-corrected chi connectivity index (χ1v) is 6.70.